The van der Waals surface area contributed by atoms with E-state index in [0.717, 1.165) is 29.7 Å². The minimum absolute atomic E-state index is 0.400. The van der Waals surface area contributed by atoms with E-state index in [1.807, 2.05) is 43.3 Å². The Hall–Kier alpha value is -1.81. The maximum absolute atomic E-state index is 12.9. The van der Waals surface area contributed by atoms with Crippen LogP contribution in [0.1, 0.15) is 17.5 Å². The lowest BCUT2D eigenvalue weighted by atomic mass is 10.0. The standard InChI is InChI=1S/C16H17NO2S/c1-13-7-2-5-11-16(13)20(18,19)17-12-6-9-14-8-3-4-10-15(14)17/h2-5,7-8,10-11H,6,9,12H2,1H3. The molecule has 0 amide bonds. The summed E-state index contributed by atoms with van der Waals surface area (Å²) in [7, 11) is -3.47. The number of anilines is 1. The Labute approximate surface area is 119 Å². The molecule has 0 aliphatic carbocycles. The fraction of sp³-hybridized carbons (Fsp3) is 0.250. The Bertz CT molecular complexity index is 738. The van der Waals surface area contributed by atoms with Crippen LogP contribution in [0.5, 0.6) is 0 Å². The third-order valence-electron chi connectivity index (χ3n) is 3.73. The van der Waals surface area contributed by atoms with Crippen LogP contribution in [0, 0.1) is 6.92 Å². The van der Waals surface area contributed by atoms with Crippen LogP contribution in [-0.4, -0.2) is 15.0 Å². The summed E-state index contributed by atoms with van der Waals surface area (Å²) in [6.07, 6.45) is 1.80. The largest absolute Gasteiger partial charge is 0.266 e. The van der Waals surface area contributed by atoms with E-state index in [-0.39, 0.29) is 0 Å². The summed E-state index contributed by atoms with van der Waals surface area (Å²) in [6, 6.07) is 14.9. The first-order valence-corrected chi connectivity index (χ1v) is 8.21. The van der Waals surface area contributed by atoms with Gasteiger partial charge in [0.1, 0.15) is 0 Å². The third-order valence-corrected chi connectivity index (χ3v) is 5.70. The fourth-order valence-corrected chi connectivity index (χ4v) is 4.48. The van der Waals surface area contributed by atoms with Gasteiger partial charge in [-0.25, -0.2) is 8.42 Å². The SMILES string of the molecule is Cc1ccccc1S(=O)(=O)N1CCCc2ccccc21. The first-order valence-electron chi connectivity index (χ1n) is 6.77. The van der Waals surface area contributed by atoms with Crippen molar-refractivity contribution < 1.29 is 8.42 Å². The van der Waals surface area contributed by atoms with E-state index in [2.05, 4.69) is 0 Å². The number of sulfonamides is 1. The highest BCUT2D eigenvalue weighted by Gasteiger charge is 2.29. The molecule has 0 saturated heterocycles. The van der Waals surface area contributed by atoms with Crippen LogP contribution in [0.4, 0.5) is 5.69 Å². The number of benzene rings is 2. The summed E-state index contributed by atoms with van der Waals surface area (Å²) in [6.45, 7) is 2.39. The Morgan fingerprint density at radius 2 is 1.70 bits per heavy atom. The molecule has 0 fully saturated rings. The van der Waals surface area contributed by atoms with Crippen molar-refractivity contribution in [1.82, 2.24) is 0 Å². The second kappa shape index (κ2) is 4.94. The number of nitrogens with zero attached hydrogens (tertiary/aromatic N) is 1. The molecule has 1 aliphatic rings. The molecule has 1 aliphatic heterocycles. The molecule has 3 nitrogen and oxygen atoms in total. The van der Waals surface area contributed by atoms with E-state index in [9.17, 15) is 8.42 Å². The molecule has 104 valence electrons. The topological polar surface area (TPSA) is 37.4 Å². The Balaban J connectivity index is 2.13. The monoisotopic (exact) mass is 287 g/mol. The van der Waals surface area contributed by atoms with Gasteiger partial charge in [0.05, 0.1) is 10.6 Å². The molecule has 0 unspecified atom stereocenters. The summed E-state index contributed by atoms with van der Waals surface area (Å²) < 4.78 is 27.3. The third kappa shape index (κ3) is 2.10. The molecule has 0 aromatic heterocycles. The first kappa shape index (κ1) is 13.2. The van der Waals surface area contributed by atoms with Crippen molar-refractivity contribution in [3.8, 4) is 0 Å². The zero-order chi connectivity index (χ0) is 14.2. The number of para-hydroxylation sites is 1. The molecule has 0 radical (unpaired) electrons. The quantitative estimate of drug-likeness (QED) is 0.851. The lowest BCUT2D eigenvalue weighted by Crippen LogP contribution is -2.35. The number of rotatable bonds is 2. The lowest BCUT2D eigenvalue weighted by molar-refractivity contribution is 0.586. The molecule has 0 N–H and O–H groups in total. The molecule has 0 spiro atoms. The zero-order valence-corrected chi connectivity index (χ0v) is 12.2. The van der Waals surface area contributed by atoms with Gasteiger partial charge in [-0.3, -0.25) is 4.31 Å². The molecule has 0 saturated carbocycles. The summed E-state index contributed by atoms with van der Waals surface area (Å²) >= 11 is 0. The highest BCUT2D eigenvalue weighted by molar-refractivity contribution is 7.92. The van der Waals surface area contributed by atoms with E-state index >= 15 is 0 Å². The number of fused-ring (bicyclic) bond motifs is 1. The molecule has 3 rings (SSSR count). The van der Waals surface area contributed by atoms with E-state index in [1.165, 1.54) is 0 Å². The summed E-state index contributed by atoms with van der Waals surface area (Å²) in [4.78, 5) is 0.400. The van der Waals surface area contributed by atoms with Gasteiger partial charge in [-0.2, -0.15) is 0 Å². The Morgan fingerprint density at radius 1 is 1.00 bits per heavy atom. The van der Waals surface area contributed by atoms with Gasteiger partial charge >= 0.3 is 0 Å². The highest BCUT2D eigenvalue weighted by atomic mass is 32.2. The summed E-state index contributed by atoms with van der Waals surface area (Å²) in [5, 5.41) is 0. The molecular formula is C16H17NO2S. The van der Waals surface area contributed by atoms with Crippen molar-refractivity contribution in [2.75, 3.05) is 10.8 Å². The van der Waals surface area contributed by atoms with Gasteiger partial charge in [-0.05, 0) is 43.0 Å². The Kier molecular flexibility index (Phi) is 3.26. The van der Waals surface area contributed by atoms with Crippen molar-refractivity contribution in [3.63, 3.8) is 0 Å². The molecule has 1 heterocycles. The highest BCUT2D eigenvalue weighted by Crippen LogP contribution is 2.32. The van der Waals surface area contributed by atoms with Gasteiger partial charge in [-0.15, -0.1) is 0 Å². The minimum atomic E-state index is -3.47. The molecule has 0 atom stereocenters. The van der Waals surface area contributed by atoms with Gasteiger partial charge in [0.25, 0.3) is 10.0 Å². The van der Waals surface area contributed by atoms with Crippen LogP contribution < -0.4 is 4.31 Å². The number of aryl methyl sites for hydroxylation is 2. The van der Waals surface area contributed by atoms with Crippen LogP contribution in [0.2, 0.25) is 0 Å². The average molecular weight is 287 g/mol. The summed E-state index contributed by atoms with van der Waals surface area (Å²) in [5.74, 6) is 0. The molecule has 2 aromatic rings. The van der Waals surface area contributed by atoms with Crippen molar-refractivity contribution in [2.45, 2.75) is 24.7 Å². The Morgan fingerprint density at radius 3 is 2.50 bits per heavy atom. The van der Waals surface area contributed by atoms with Crippen LogP contribution in [-0.2, 0) is 16.4 Å². The van der Waals surface area contributed by atoms with Crippen molar-refractivity contribution >= 4 is 15.7 Å². The van der Waals surface area contributed by atoms with E-state index < -0.39 is 10.0 Å². The van der Waals surface area contributed by atoms with E-state index in [1.54, 1.807) is 16.4 Å². The van der Waals surface area contributed by atoms with Gasteiger partial charge in [0, 0.05) is 6.54 Å². The van der Waals surface area contributed by atoms with E-state index in [0.29, 0.717) is 11.4 Å². The fourth-order valence-electron chi connectivity index (χ4n) is 2.71. The van der Waals surface area contributed by atoms with Crippen LogP contribution >= 0.6 is 0 Å². The maximum atomic E-state index is 12.9. The second-order valence-electron chi connectivity index (χ2n) is 5.07. The second-order valence-corrected chi connectivity index (χ2v) is 6.91. The number of hydrogen-bond acceptors (Lipinski definition) is 2. The molecule has 2 aromatic carbocycles. The van der Waals surface area contributed by atoms with Gasteiger partial charge in [-0.1, -0.05) is 36.4 Å². The predicted octanol–water partition coefficient (Wildman–Crippen LogP) is 3.14. The molecular weight excluding hydrogens is 270 g/mol. The minimum Gasteiger partial charge on any atom is -0.266 e. The summed E-state index contributed by atoms with van der Waals surface area (Å²) in [5.41, 5.74) is 2.72. The van der Waals surface area contributed by atoms with Crippen molar-refractivity contribution in [3.05, 3.63) is 59.7 Å². The van der Waals surface area contributed by atoms with Crippen LogP contribution in [0.15, 0.2) is 53.4 Å². The first-order chi connectivity index (χ1) is 9.60. The zero-order valence-electron chi connectivity index (χ0n) is 11.4. The van der Waals surface area contributed by atoms with Crippen molar-refractivity contribution in [2.24, 2.45) is 0 Å². The molecule has 20 heavy (non-hydrogen) atoms. The lowest BCUT2D eigenvalue weighted by Gasteiger charge is -2.30. The van der Waals surface area contributed by atoms with Crippen LogP contribution in [0.3, 0.4) is 0 Å². The van der Waals surface area contributed by atoms with Crippen LogP contribution in [0.25, 0.3) is 0 Å². The van der Waals surface area contributed by atoms with Gasteiger partial charge in [0.2, 0.25) is 0 Å². The van der Waals surface area contributed by atoms with Gasteiger partial charge < -0.3 is 0 Å². The molecule has 0 bridgehead atoms. The predicted molar refractivity (Wildman–Crippen MR) is 80.5 cm³/mol. The molecule has 4 heteroatoms. The average Bonchev–Trinajstić information content (AvgIpc) is 2.47. The van der Waals surface area contributed by atoms with Crippen molar-refractivity contribution in [1.29, 1.82) is 0 Å². The number of hydrogen-bond donors (Lipinski definition) is 0. The van der Waals surface area contributed by atoms with E-state index in [4.69, 9.17) is 0 Å². The normalized spacial score (nSPS) is 14.9. The smallest absolute Gasteiger partial charge is 0.264 e. The van der Waals surface area contributed by atoms with Gasteiger partial charge in [0.15, 0.2) is 0 Å². The maximum Gasteiger partial charge on any atom is 0.264 e.